The normalized spacial score (nSPS) is 22.9. The predicted molar refractivity (Wildman–Crippen MR) is 72.9 cm³/mol. The van der Waals surface area contributed by atoms with Gasteiger partial charge in [-0.3, -0.25) is 0 Å². The van der Waals surface area contributed by atoms with Gasteiger partial charge in [-0.05, 0) is 44.9 Å². The fourth-order valence-corrected chi connectivity index (χ4v) is 2.65. The van der Waals surface area contributed by atoms with Gasteiger partial charge >= 0.3 is 6.18 Å². The van der Waals surface area contributed by atoms with Crippen LogP contribution in [0.15, 0.2) is 12.1 Å². The van der Waals surface area contributed by atoms with Crippen molar-refractivity contribution in [1.82, 2.24) is 10.3 Å². The van der Waals surface area contributed by atoms with Crippen molar-refractivity contribution in [2.45, 2.75) is 50.4 Å². The first-order valence-corrected chi connectivity index (χ1v) is 7.10. The number of aromatic nitrogens is 1. The molecule has 0 aliphatic heterocycles. The number of halogens is 5. The molecule has 0 saturated heterocycles. The van der Waals surface area contributed by atoms with Crippen molar-refractivity contribution in [3.05, 3.63) is 23.5 Å². The molecular weight excluding hydrogens is 305 g/mol. The summed E-state index contributed by atoms with van der Waals surface area (Å²) >= 11 is 0. The van der Waals surface area contributed by atoms with Crippen LogP contribution in [0.3, 0.4) is 0 Å². The van der Waals surface area contributed by atoms with Crippen LogP contribution in [-0.4, -0.2) is 24.1 Å². The summed E-state index contributed by atoms with van der Waals surface area (Å²) in [6.07, 6.45) is -4.44. The fraction of sp³-hybridized carbons (Fsp3) is 0.643. The van der Waals surface area contributed by atoms with Gasteiger partial charge in [0.2, 0.25) is 0 Å². The minimum absolute atomic E-state index is 0.0152. The number of rotatable bonds is 4. The van der Waals surface area contributed by atoms with E-state index in [1.165, 1.54) is 0 Å². The highest BCUT2D eigenvalue weighted by atomic mass is 19.4. The first kappa shape index (κ1) is 16.9. The van der Waals surface area contributed by atoms with E-state index in [1.54, 1.807) is 0 Å². The predicted octanol–water partition coefficient (Wildman–Crippen LogP) is 3.98. The zero-order valence-corrected chi connectivity index (χ0v) is 12.1. The Labute approximate surface area is 125 Å². The van der Waals surface area contributed by atoms with Gasteiger partial charge in [0.05, 0.1) is 0 Å². The van der Waals surface area contributed by atoms with Crippen LogP contribution in [0.5, 0.6) is 0 Å². The Morgan fingerprint density at radius 3 is 2.18 bits per heavy atom. The summed E-state index contributed by atoms with van der Waals surface area (Å²) in [5.74, 6) is 0. The third kappa shape index (κ3) is 4.28. The van der Waals surface area contributed by atoms with Gasteiger partial charge in [-0.1, -0.05) is 0 Å². The zero-order valence-electron chi connectivity index (χ0n) is 12.1. The second-order valence-electron chi connectivity index (χ2n) is 5.45. The van der Waals surface area contributed by atoms with Crippen LogP contribution >= 0.6 is 0 Å². The minimum Gasteiger partial charge on any atom is -0.382 e. The molecule has 2 rings (SSSR count). The second-order valence-corrected chi connectivity index (χ2v) is 5.45. The highest BCUT2D eigenvalue weighted by Gasteiger charge is 2.34. The Morgan fingerprint density at radius 1 is 1.09 bits per heavy atom. The molecule has 1 heterocycles. The molecule has 0 radical (unpaired) electrons. The molecule has 1 aliphatic rings. The van der Waals surface area contributed by atoms with Crippen LogP contribution in [0, 0.1) is 0 Å². The maximum Gasteiger partial charge on any atom is 0.433 e. The molecule has 1 aliphatic carbocycles. The second kappa shape index (κ2) is 6.76. The summed E-state index contributed by atoms with van der Waals surface area (Å²) in [5.41, 5.74) is -2.11. The van der Waals surface area contributed by atoms with E-state index >= 15 is 0 Å². The van der Waals surface area contributed by atoms with Crippen LogP contribution < -0.4 is 10.6 Å². The van der Waals surface area contributed by atoms with Crippen LogP contribution in [0.25, 0.3) is 0 Å². The average Bonchev–Trinajstić information content (AvgIpc) is 2.46. The van der Waals surface area contributed by atoms with Crippen LogP contribution in [0.2, 0.25) is 0 Å². The number of alkyl halides is 5. The van der Waals surface area contributed by atoms with Gasteiger partial charge in [-0.2, -0.15) is 13.2 Å². The van der Waals surface area contributed by atoms with Gasteiger partial charge in [-0.25, -0.2) is 13.8 Å². The van der Waals surface area contributed by atoms with E-state index in [-0.39, 0.29) is 11.7 Å². The number of hydrogen-bond donors (Lipinski definition) is 2. The lowest BCUT2D eigenvalue weighted by atomic mass is 9.91. The maximum absolute atomic E-state index is 12.7. The Hall–Kier alpha value is -1.44. The molecule has 1 saturated carbocycles. The van der Waals surface area contributed by atoms with Crippen molar-refractivity contribution in [3.63, 3.8) is 0 Å². The fourth-order valence-electron chi connectivity index (χ4n) is 2.65. The summed E-state index contributed by atoms with van der Waals surface area (Å²) in [6, 6.07) is 2.16. The average molecular weight is 323 g/mol. The molecule has 0 spiro atoms. The third-order valence-corrected chi connectivity index (χ3v) is 3.87. The Balaban J connectivity index is 2.15. The van der Waals surface area contributed by atoms with Crippen molar-refractivity contribution >= 4 is 5.69 Å². The van der Waals surface area contributed by atoms with E-state index in [0.29, 0.717) is 6.04 Å². The molecule has 2 N–H and O–H groups in total. The molecule has 3 nitrogen and oxygen atoms in total. The van der Waals surface area contributed by atoms with Crippen molar-refractivity contribution in [3.8, 4) is 0 Å². The highest BCUT2D eigenvalue weighted by molar-refractivity contribution is 5.47. The molecule has 8 heteroatoms. The largest absolute Gasteiger partial charge is 0.433 e. The van der Waals surface area contributed by atoms with Crippen LogP contribution in [-0.2, 0) is 6.18 Å². The molecule has 0 bridgehead atoms. The van der Waals surface area contributed by atoms with E-state index < -0.39 is 24.0 Å². The number of pyridine rings is 1. The monoisotopic (exact) mass is 323 g/mol. The molecule has 0 amide bonds. The number of nitrogens with one attached hydrogen (secondary N) is 2. The minimum atomic E-state index is -4.74. The van der Waals surface area contributed by atoms with E-state index in [4.69, 9.17) is 0 Å². The smallest absolute Gasteiger partial charge is 0.382 e. The molecular formula is C14H18F5N3. The van der Waals surface area contributed by atoms with E-state index in [0.717, 1.165) is 37.8 Å². The topological polar surface area (TPSA) is 37.0 Å². The quantitative estimate of drug-likeness (QED) is 0.823. The number of hydrogen-bond acceptors (Lipinski definition) is 3. The summed E-state index contributed by atoms with van der Waals surface area (Å²) < 4.78 is 63.7. The van der Waals surface area contributed by atoms with Crippen LogP contribution in [0.1, 0.15) is 43.5 Å². The van der Waals surface area contributed by atoms with Crippen molar-refractivity contribution in [2.24, 2.45) is 0 Å². The Bertz CT molecular complexity index is 496. The van der Waals surface area contributed by atoms with Gasteiger partial charge < -0.3 is 10.6 Å². The molecule has 0 unspecified atom stereocenters. The number of anilines is 1. The Kier molecular flexibility index (Phi) is 5.20. The third-order valence-electron chi connectivity index (χ3n) is 3.87. The molecule has 1 fully saturated rings. The lowest BCUT2D eigenvalue weighted by Crippen LogP contribution is -2.35. The van der Waals surface area contributed by atoms with Gasteiger partial charge in [0.1, 0.15) is 11.4 Å². The van der Waals surface area contributed by atoms with Gasteiger partial charge in [0, 0.05) is 17.8 Å². The first-order valence-electron chi connectivity index (χ1n) is 7.10. The Morgan fingerprint density at radius 2 is 1.68 bits per heavy atom. The number of nitrogens with zero attached hydrogens (tertiary/aromatic N) is 1. The van der Waals surface area contributed by atoms with E-state index in [1.807, 2.05) is 7.05 Å². The SMILES string of the molecule is CNC1CCC(Nc2cc(C(F)F)nc(C(F)(F)F)c2)CC1. The van der Waals surface area contributed by atoms with Crippen molar-refractivity contribution in [2.75, 3.05) is 12.4 Å². The van der Waals surface area contributed by atoms with Gasteiger partial charge in [0.15, 0.2) is 0 Å². The standard InChI is InChI=1S/C14H18F5N3/c1-20-8-2-4-9(5-3-8)21-10-6-11(13(15)16)22-12(7-10)14(17,18)19/h6-9,13,20H,2-5H2,1H3,(H,21,22). The maximum atomic E-state index is 12.7. The van der Waals surface area contributed by atoms with E-state index in [9.17, 15) is 22.0 Å². The highest BCUT2D eigenvalue weighted by Crippen LogP contribution is 2.32. The van der Waals surface area contributed by atoms with Crippen LogP contribution in [0.4, 0.5) is 27.6 Å². The summed E-state index contributed by atoms with van der Waals surface area (Å²) in [4.78, 5) is 3.00. The van der Waals surface area contributed by atoms with Gasteiger partial charge in [0.25, 0.3) is 6.43 Å². The summed E-state index contributed by atoms with van der Waals surface area (Å²) in [5, 5.41) is 6.09. The lowest BCUT2D eigenvalue weighted by Gasteiger charge is -2.29. The first-order chi connectivity index (χ1) is 10.3. The van der Waals surface area contributed by atoms with E-state index in [2.05, 4.69) is 15.6 Å². The zero-order chi connectivity index (χ0) is 16.3. The molecule has 1 aromatic heterocycles. The summed E-state index contributed by atoms with van der Waals surface area (Å²) in [7, 11) is 1.87. The molecule has 124 valence electrons. The molecule has 0 aromatic carbocycles. The molecule has 0 atom stereocenters. The van der Waals surface area contributed by atoms with Crippen molar-refractivity contribution in [1.29, 1.82) is 0 Å². The van der Waals surface area contributed by atoms with Crippen molar-refractivity contribution < 1.29 is 22.0 Å². The summed E-state index contributed by atoms with van der Waals surface area (Å²) in [6.45, 7) is 0. The molecule has 22 heavy (non-hydrogen) atoms. The van der Waals surface area contributed by atoms with Gasteiger partial charge in [-0.15, -0.1) is 0 Å². The molecule has 1 aromatic rings. The lowest BCUT2D eigenvalue weighted by molar-refractivity contribution is -0.141.